The van der Waals surface area contributed by atoms with E-state index in [-0.39, 0.29) is 25.0 Å². The maximum absolute atomic E-state index is 13.0. The summed E-state index contributed by atoms with van der Waals surface area (Å²) in [5.41, 5.74) is 5.90. The largest absolute Gasteiger partial charge is 0.460 e. The van der Waals surface area contributed by atoms with Crippen molar-refractivity contribution in [1.29, 1.82) is 0 Å². The number of hydrogen-bond acceptors (Lipinski definition) is 7. The minimum atomic E-state index is -0.720. The van der Waals surface area contributed by atoms with Crippen LogP contribution in [-0.2, 0) is 25.4 Å². The lowest BCUT2D eigenvalue weighted by atomic mass is 9.77. The van der Waals surface area contributed by atoms with Gasteiger partial charge in [-0.05, 0) is 43.7 Å². The van der Waals surface area contributed by atoms with Gasteiger partial charge in [0.1, 0.15) is 12.4 Å². The summed E-state index contributed by atoms with van der Waals surface area (Å²) in [7, 11) is 0. The zero-order chi connectivity index (χ0) is 24.4. The molecule has 186 valence electrons. The molecule has 34 heavy (non-hydrogen) atoms. The van der Waals surface area contributed by atoms with Crippen LogP contribution in [0.25, 0.3) is 0 Å². The highest BCUT2D eigenvalue weighted by Gasteiger charge is 2.37. The van der Waals surface area contributed by atoms with Crippen LogP contribution in [0.1, 0.15) is 70.6 Å². The van der Waals surface area contributed by atoms with Gasteiger partial charge < -0.3 is 19.9 Å². The van der Waals surface area contributed by atoms with Crippen molar-refractivity contribution in [1.82, 2.24) is 9.55 Å². The maximum Gasteiger partial charge on any atom is 0.351 e. The second-order valence-electron chi connectivity index (χ2n) is 8.88. The number of benzene rings is 1. The fraction of sp³-hybridized carbons (Fsp3) is 0.577. The molecule has 1 saturated heterocycles. The number of aromatic nitrogens is 2. The molecule has 2 N–H and O–H groups in total. The smallest absolute Gasteiger partial charge is 0.351 e. The van der Waals surface area contributed by atoms with E-state index in [1.54, 1.807) is 0 Å². The van der Waals surface area contributed by atoms with Gasteiger partial charge >= 0.3 is 11.7 Å². The molecule has 2 heterocycles. The first-order chi connectivity index (χ1) is 16.5. The monoisotopic (exact) mass is 471 g/mol. The molecule has 3 rings (SSSR count). The quantitative estimate of drug-likeness (QED) is 0.344. The molecular weight excluding hydrogens is 434 g/mol. The van der Waals surface area contributed by atoms with Crippen LogP contribution >= 0.6 is 0 Å². The van der Waals surface area contributed by atoms with Gasteiger partial charge in [-0.2, -0.15) is 4.98 Å². The third kappa shape index (κ3) is 6.90. The van der Waals surface area contributed by atoms with Crippen LogP contribution in [0.5, 0.6) is 0 Å². The van der Waals surface area contributed by atoms with Gasteiger partial charge in [0.25, 0.3) is 0 Å². The lowest BCUT2D eigenvalue weighted by Gasteiger charge is -2.29. The molecule has 8 nitrogen and oxygen atoms in total. The SMILES string of the molecule is CCC(CC)(CCCCCCc1ccccc1)C(=O)OC[C@H]1OC[C@@H](n2ccc(N)nc2=O)O1. The Morgan fingerprint density at radius 3 is 2.59 bits per heavy atom. The molecule has 8 heteroatoms. The van der Waals surface area contributed by atoms with E-state index >= 15 is 0 Å². The van der Waals surface area contributed by atoms with E-state index in [0.717, 1.165) is 51.4 Å². The lowest BCUT2D eigenvalue weighted by molar-refractivity contribution is -0.171. The normalized spacial score (nSPS) is 18.2. The van der Waals surface area contributed by atoms with Gasteiger partial charge in [0.05, 0.1) is 12.0 Å². The van der Waals surface area contributed by atoms with Crippen LogP contribution in [0.4, 0.5) is 5.82 Å². The zero-order valence-electron chi connectivity index (χ0n) is 20.3. The van der Waals surface area contributed by atoms with Crippen LogP contribution < -0.4 is 11.4 Å². The lowest BCUT2D eigenvalue weighted by Crippen LogP contribution is -2.34. The van der Waals surface area contributed by atoms with Gasteiger partial charge in [0.15, 0.2) is 12.5 Å². The molecule has 0 radical (unpaired) electrons. The summed E-state index contributed by atoms with van der Waals surface area (Å²) < 4.78 is 18.3. The van der Waals surface area contributed by atoms with E-state index in [0.29, 0.717) is 0 Å². The topological polar surface area (TPSA) is 106 Å². The molecule has 0 amide bonds. The van der Waals surface area contributed by atoms with Crippen LogP contribution in [0.3, 0.4) is 0 Å². The Hall–Kier alpha value is -2.71. The van der Waals surface area contributed by atoms with Crippen molar-refractivity contribution in [2.45, 2.75) is 77.7 Å². The number of aryl methyl sites for hydroxylation is 1. The maximum atomic E-state index is 13.0. The van der Waals surface area contributed by atoms with Crippen molar-refractivity contribution in [2.75, 3.05) is 18.9 Å². The van der Waals surface area contributed by atoms with E-state index in [1.165, 1.54) is 22.4 Å². The van der Waals surface area contributed by atoms with Gasteiger partial charge in [-0.25, -0.2) is 4.79 Å². The van der Waals surface area contributed by atoms with Crippen molar-refractivity contribution in [3.8, 4) is 0 Å². The van der Waals surface area contributed by atoms with E-state index in [4.69, 9.17) is 19.9 Å². The Balaban J connectivity index is 1.41. The highest BCUT2D eigenvalue weighted by atomic mass is 16.7. The van der Waals surface area contributed by atoms with Crippen molar-refractivity contribution in [3.63, 3.8) is 0 Å². The molecule has 1 aliphatic heterocycles. The van der Waals surface area contributed by atoms with E-state index in [2.05, 4.69) is 29.2 Å². The summed E-state index contributed by atoms with van der Waals surface area (Å²) in [6, 6.07) is 12.1. The van der Waals surface area contributed by atoms with Gasteiger partial charge in [-0.15, -0.1) is 0 Å². The Morgan fingerprint density at radius 2 is 1.88 bits per heavy atom. The summed E-state index contributed by atoms with van der Waals surface area (Å²) in [4.78, 5) is 28.7. The van der Waals surface area contributed by atoms with Crippen molar-refractivity contribution in [3.05, 3.63) is 58.6 Å². The van der Waals surface area contributed by atoms with Crippen LogP contribution in [0.15, 0.2) is 47.4 Å². The third-order valence-electron chi connectivity index (χ3n) is 6.75. The predicted molar refractivity (Wildman–Crippen MR) is 130 cm³/mol. The molecule has 1 aromatic carbocycles. The Bertz CT molecular complexity index is 958. The Labute approximate surface area is 201 Å². The van der Waals surface area contributed by atoms with E-state index in [1.807, 2.05) is 19.9 Å². The first kappa shape index (κ1) is 25.9. The van der Waals surface area contributed by atoms with Crippen molar-refractivity contribution < 1.29 is 19.0 Å². The summed E-state index contributed by atoms with van der Waals surface area (Å²) in [5, 5.41) is 0. The van der Waals surface area contributed by atoms with Crippen molar-refractivity contribution in [2.24, 2.45) is 5.41 Å². The number of ether oxygens (including phenoxy) is 3. The van der Waals surface area contributed by atoms with Crippen LogP contribution in [0, 0.1) is 5.41 Å². The molecule has 0 aliphatic carbocycles. The number of carbonyl (C=O) groups excluding carboxylic acids is 1. The molecule has 0 bridgehead atoms. The number of rotatable bonds is 13. The average molecular weight is 472 g/mol. The number of nitrogen functional groups attached to an aromatic ring is 1. The first-order valence-corrected chi connectivity index (χ1v) is 12.3. The second-order valence-corrected chi connectivity index (χ2v) is 8.88. The Kier molecular flexibility index (Phi) is 9.65. The number of nitrogens with two attached hydrogens (primary N) is 1. The minimum absolute atomic E-state index is 0.00862. The number of nitrogens with zero attached hydrogens (tertiary/aromatic N) is 2. The van der Waals surface area contributed by atoms with Gasteiger partial charge in [0, 0.05) is 6.20 Å². The van der Waals surface area contributed by atoms with Crippen LogP contribution in [-0.4, -0.2) is 35.0 Å². The number of unbranched alkanes of at least 4 members (excludes halogenated alkanes) is 3. The average Bonchev–Trinajstić information content (AvgIpc) is 3.32. The first-order valence-electron chi connectivity index (χ1n) is 12.3. The molecule has 0 saturated carbocycles. The Morgan fingerprint density at radius 1 is 1.15 bits per heavy atom. The molecule has 0 unspecified atom stereocenters. The highest BCUT2D eigenvalue weighted by molar-refractivity contribution is 5.76. The zero-order valence-corrected chi connectivity index (χ0v) is 20.3. The van der Waals surface area contributed by atoms with Gasteiger partial charge in [-0.3, -0.25) is 9.36 Å². The molecule has 1 fully saturated rings. The fourth-order valence-corrected chi connectivity index (χ4v) is 4.40. The fourth-order valence-electron chi connectivity index (χ4n) is 4.40. The summed E-state index contributed by atoms with van der Waals surface area (Å²) in [6.45, 7) is 4.24. The number of esters is 1. The molecule has 1 aromatic heterocycles. The number of anilines is 1. The summed E-state index contributed by atoms with van der Waals surface area (Å²) in [6.07, 6.45) is 7.95. The van der Waals surface area contributed by atoms with E-state index in [9.17, 15) is 9.59 Å². The third-order valence-corrected chi connectivity index (χ3v) is 6.75. The highest BCUT2D eigenvalue weighted by Crippen LogP contribution is 2.35. The second kappa shape index (κ2) is 12.7. The molecule has 0 spiro atoms. The summed E-state index contributed by atoms with van der Waals surface area (Å²) in [5.74, 6) is -0.0546. The molecule has 2 atom stereocenters. The number of hydrogen-bond donors (Lipinski definition) is 1. The summed E-state index contributed by atoms with van der Waals surface area (Å²) >= 11 is 0. The molecule has 2 aromatic rings. The van der Waals surface area contributed by atoms with Gasteiger partial charge in [-0.1, -0.05) is 63.4 Å². The minimum Gasteiger partial charge on any atom is -0.460 e. The number of carbonyl (C=O) groups is 1. The van der Waals surface area contributed by atoms with Gasteiger partial charge in [0.2, 0.25) is 0 Å². The van der Waals surface area contributed by atoms with Crippen LogP contribution in [0.2, 0.25) is 0 Å². The predicted octanol–water partition coefficient (Wildman–Crippen LogP) is 4.24. The molecule has 1 aliphatic rings. The van der Waals surface area contributed by atoms with Crippen molar-refractivity contribution >= 4 is 11.8 Å². The van der Waals surface area contributed by atoms with E-state index < -0.39 is 23.6 Å². The molecular formula is C26H37N3O5. The standard InChI is InChI=1S/C26H37N3O5/c1-3-26(4-2,16-11-6-5-8-12-20-13-9-7-10-14-20)24(30)33-19-23-32-18-22(34-23)29-17-15-21(27)28-25(29)31/h7,9-10,13-15,17,22-23H,3-6,8,11-12,16,18-19H2,1-2H3,(H2,27,28,31)/t22-,23-/m0/s1.